The second-order valence-corrected chi connectivity index (χ2v) is 10.1. The van der Waals surface area contributed by atoms with Gasteiger partial charge in [-0.25, -0.2) is 0 Å². The summed E-state index contributed by atoms with van der Waals surface area (Å²) in [5.74, 6) is 0. The smallest absolute Gasteiger partial charge is 0.0703 e. The lowest BCUT2D eigenvalue weighted by atomic mass is 9.92. The molecule has 0 aliphatic heterocycles. The van der Waals surface area contributed by atoms with Crippen molar-refractivity contribution < 1.29 is 0 Å². The quantitative estimate of drug-likeness (QED) is 0.174. The molecule has 0 atom stereocenters. The fraction of sp³-hybridized carbons (Fsp3) is 0.108. The summed E-state index contributed by atoms with van der Waals surface area (Å²) in [7, 11) is 0. The summed E-state index contributed by atoms with van der Waals surface area (Å²) in [6.45, 7) is 12.4. The molecule has 0 saturated carbocycles. The van der Waals surface area contributed by atoms with Crippen LogP contribution in [-0.4, -0.2) is 9.55 Å². The van der Waals surface area contributed by atoms with E-state index in [9.17, 15) is 0 Å². The van der Waals surface area contributed by atoms with Crippen LogP contribution in [0, 0.1) is 13.8 Å². The standard InChI is InChI=1S/C37H32N2/c1-6-9-14-37-25(5)28(7-2)36(8-3)39(37)27-17-20-35(38-23-27)26-16-19-32-31-18-15-24(4)21-33(31)29-12-10-11-13-30(29)34(32)22-26/h6-23H,1H2,2-5H3/b14-9-,28-7-,36-8+. The Labute approximate surface area is 229 Å². The molecule has 0 aliphatic carbocycles. The molecular weight excluding hydrogens is 472 g/mol. The molecule has 0 unspecified atom stereocenters. The van der Waals surface area contributed by atoms with Gasteiger partial charge in [-0.3, -0.25) is 4.98 Å². The summed E-state index contributed by atoms with van der Waals surface area (Å²) in [4.78, 5) is 4.96. The van der Waals surface area contributed by atoms with Crippen molar-refractivity contribution in [2.24, 2.45) is 0 Å². The minimum Gasteiger partial charge on any atom is -0.308 e. The van der Waals surface area contributed by atoms with E-state index in [0.717, 1.165) is 22.6 Å². The number of nitrogens with zero attached hydrogens (tertiary/aromatic N) is 2. The number of aromatic nitrogens is 2. The van der Waals surface area contributed by atoms with Gasteiger partial charge in [0.25, 0.3) is 0 Å². The normalized spacial score (nSPS) is 12.9. The zero-order chi connectivity index (χ0) is 27.1. The van der Waals surface area contributed by atoms with Crippen molar-refractivity contribution in [1.82, 2.24) is 9.55 Å². The summed E-state index contributed by atoms with van der Waals surface area (Å²) < 4.78 is 2.28. The number of benzene rings is 4. The Balaban J connectivity index is 1.52. The zero-order valence-corrected chi connectivity index (χ0v) is 23.0. The maximum absolute atomic E-state index is 4.96. The average Bonchev–Trinajstić information content (AvgIpc) is 3.25. The molecule has 0 radical (unpaired) electrons. The Morgan fingerprint density at radius 2 is 1.44 bits per heavy atom. The first kappa shape index (κ1) is 24.6. The maximum Gasteiger partial charge on any atom is 0.0703 e. The van der Waals surface area contributed by atoms with Gasteiger partial charge >= 0.3 is 0 Å². The number of rotatable bonds is 4. The fourth-order valence-electron chi connectivity index (χ4n) is 5.95. The molecular formula is C37H32N2. The van der Waals surface area contributed by atoms with Gasteiger partial charge in [0.05, 0.1) is 17.6 Å². The Morgan fingerprint density at radius 3 is 2.08 bits per heavy atom. The van der Waals surface area contributed by atoms with Crippen LogP contribution >= 0.6 is 0 Å². The van der Waals surface area contributed by atoms with Crippen molar-refractivity contribution in [3.05, 3.63) is 125 Å². The Bertz CT molecular complexity index is 2030. The fourth-order valence-corrected chi connectivity index (χ4v) is 5.95. The topological polar surface area (TPSA) is 17.8 Å². The van der Waals surface area contributed by atoms with Gasteiger partial charge in [-0.15, -0.1) is 0 Å². The van der Waals surface area contributed by atoms with Crippen molar-refractivity contribution in [1.29, 1.82) is 0 Å². The lowest BCUT2D eigenvalue weighted by Gasteiger charge is -2.13. The predicted octanol–water partition coefficient (Wildman–Crippen LogP) is 8.42. The van der Waals surface area contributed by atoms with E-state index in [2.05, 4.69) is 130 Å². The molecule has 4 aromatic carbocycles. The first-order valence-electron chi connectivity index (χ1n) is 13.5. The number of hydrogen-bond donors (Lipinski definition) is 0. The molecule has 2 heterocycles. The number of hydrogen-bond acceptors (Lipinski definition) is 1. The van der Waals surface area contributed by atoms with Gasteiger partial charge in [0.15, 0.2) is 0 Å². The number of allylic oxidation sites excluding steroid dienone is 2. The highest BCUT2D eigenvalue weighted by Crippen LogP contribution is 2.37. The molecule has 0 bridgehead atoms. The summed E-state index contributed by atoms with van der Waals surface area (Å²) in [6.07, 6.45) is 12.3. The average molecular weight is 505 g/mol. The molecule has 2 nitrogen and oxygen atoms in total. The molecule has 2 heteroatoms. The van der Waals surface area contributed by atoms with E-state index < -0.39 is 0 Å². The second kappa shape index (κ2) is 9.89. The second-order valence-electron chi connectivity index (χ2n) is 10.1. The summed E-state index contributed by atoms with van der Waals surface area (Å²) in [5.41, 5.74) is 6.79. The summed E-state index contributed by atoms with van der Waals surface area (Å²) in [5, 5.41) is 10.1. The van der Waals surface area contributed by atoms with Gasteiger partial charge in [0.2, 0.25) is 0 Å². The molecule has 0 aliphatic rings. The predicted molar refractivity (Wildman–Crippen MR) is 170 cm³/mol. The van der Waals surface area contributed by atoms with Crippen LogP contribution in [0.5, 0.6) is 0 Å². The van der Waals surface area contributed by atoms with Gasteiger partial charge in [0.1, 0.15) is 0 Å². The van der Waals surface area contributed by atoms with E-state index in [0.29, 0.717) is 0 Å². The van der Waals surface area contributed by atoms with E-state index in [-0.39, 0.29) is 0 Å². The molecule has 39 heavy (non-hydrogen) atoms. The Morgan fingerprint density at radius 1 is 0.744 bits per heavy atom. The van der Waals surface area contributed by atoms with Crippen molar-refractivity contribution in [3.8, 4) is 16.9 Å². The van der Waals surface area contributed by atoms with Crippen molar-refractivity contribution in [2.45, 2.75) is 27.7 Å². The summed E-state index contributed by atoms with van der Waals surface area (Å²) in [6, 6.07) is 26.6. The molecule has 190 valence electrons. The molecule has 6 rings (SSSR count). The van der Waals surface area contributed by atoms with E-state index in [1.165, 1.54) is 54.0 Å². The van der Waals surface area contributed by atoms with Crippen LogP contribution < -0.4 is 10.6 Å². The van der Waals surface area contributed by atoms with E-state index in [1.807, 2.05) is 18.3 Å². The third-order valence-electron chi connectivity index (χ3n) is 7.79. The Kier molecular flexibility index (Phi) is 6.24. The largest absolute Gasteiger partial charge is 0.308 e. The molecule has 0 fully saturated rings. The van der Waals surface area contributed by atoms with Gasteiger partial charge < -0.3 is 4.57 Å². The van der Waals surface area contributed by atoms with Crippen molar-refractivity contribution >= 4 is 50.5 Å². The molecule has 0 spiro atoms. The first-order valence-corrected chi connectivity index (χ1v) is 13.5. The highest BCUT2D eigenvalue weighted by Gasteiger charge is 2.13. The van der Waals surface area contributed by atoms with Gasteiger partial charge in [-0.05, 0) is 95.1 Å². The van der Waals surface area contributed by atoms with Crippen LogP contribution in [0.1, 0.15) is 30.7 Å². The zero-order valence-electron chi connectivity index (χ0n) is 23.0. The highest BCUT2D eigenvalue weighted by atomic mass is 15.0. The van der Waals surface area contributed by atoms with E-state index >= 15 is 0 Å². The molecule has 2 aromatic heterocycles. The van der Waals surface area contributed by atoms with Gasteiger partial charge in [0, 0.05) is 16.6 Å². The van der Waals surface area contributed by atoms with Crippen LogP contribution in [0.15, 0.2) is 97.7 Å². The number of fused-ring (bicyclic) bond motifs is 6. The van der Waals surface area contributed by atoms with Gasteiger partial charge in [-0.1, -0.05) is 91.0 Å². The van der Waals surface area contributed by atoms with E-state index in [1.54, 1.807) is 0 Å². The van der Waals surface area contributed by atoms with Crippen LogP contribution in [0.25, 0.3) is 67.5 Å². The monoisotopic (exact) mass is 504 g/mol. The number of aryl methyl sites for hydroxylation is 1. The summed E-state index contributed by atoms with van der Waals surface area (Å²) >= 11 is 0. The van der Waals surface area contributed by atoms with Crippen LogP contribution in [0.2, 0.25) is 0 Å². The minimum atomic E-state index is 0.963. The minimum absolute atomic E-state index is 0.963. The Hall–Kier alpha value is -4.69. The van der Waals surface area contributed by atoms with Gasteiger partial charge in [-0.2, -0.15) is 0 Å². The molecule has 0 N–H and O–H groups in total. The third-order valence-corrected chi connectivity index (χ3v) is 7.79. The third kappa shape index (κ3) is 4.00. The van der Waals surface area contributed by atoms with Crippen molar-refractivity contribution in [2.75, 3.05) is 0 Å². The highest BCUT2D eigenvalue weighted by molar-refractivity contribution is 6.25. The van der Waals surface area contributed by atoms with Crippen LogP contribution in [-0.2, 0) is 0 Å². The SMILES string of the molecule is C=C/C=C\c1c(C)c(=C/C)/c(=C\C)n1-c1ccc(-c2ccc3c4ccc(C)cc4c4ccccc4c3c2)nc1. The lowest BCUT2D eigenvalue weighted by Crippen LogP contribution is -2.28. The molecule has 0 saturated heterocycles. The van der Waals surface area contributed by atoms with Crippen molar-refractivity contribution in [3.63, 3.8) is 0 Å². The molecule has 6 aromatic rings. The lowest BCUT2D eigenvalue weighted by molar-refractivity contribution is 0.997. The maximum atomic E-state index is 4.96. The first-order chi connectivity index (χ1) is 19.0. The van der Waals surface area contributed by atoms with Crippen LogP contribution in [0.3, 0.4) is 0 Å². The number of pyridine rings is 1. The van der Waals surface area contributed by atoms with E-state index in [4.69, 9.17) is 4.98 Å². The van der Waals surface area contributed by atoms with Crippen LogP contribution in [0.4, 0.5) is 0 Å². The molecule has 0 amide bonds.